The molecule has 0 aromatic heterocycles. The molecule has 1 heterocycles. The first-order chi connectivity index (χ1) is 8.79. The van der Waals surface area contributed by atoms with Crippen molar-refractivity contribution in [2.45, 2.75) is 12.6 Å². The molecule has 2 N–H and O–H groups in total. The number of hydrogen-bond donors (Lipinski definition) is 2. The van der Waals surface area contributed by atoms with Crippen molar-refractivity contribution in [1.29, 1.82) is 0 Å². The molecule has 0 spiro atoms. The summed E-state index contributed by atoms with van der Waals surface area (Å²) in [5.74, 6) is 1.20. The van der Waals surface area contributed by atoms with Crippen LogP contribution in [-0.4, -0.2) is 12.2 Å². The molecule has 0 fully saturated rings. The van der Waals surface area contributed by atoms with Crippen molar-refractivity contribution in [1.82, 2.24) is 5.32 Å². The maximum absolute atomic E-state index is 9.93. The Morgan fingerprint density at radius 1 is 1.17 bits per heavy atom. The highest BCUT2D eigenvalue weighted by Crippen LogP contribution is 2.36. The lowest BCUT2D eigenvalue weighted by molar-refractivity contribution is 0.414. The molecule has 2 aromatic carbocycles. The highest BCUT2D eigenvalue weighted by molar-refractivity contribution is 5.48. The summed E-state index contributed by atoms with van der Waals surface area (Å²) in [7, 11) is 1.67. The third kappa shape index (κ3) is 1.73. The molecule has 1 atom stereocenters. The number of nitrogens with one attached hydrogen (secondary N) is 1. The van der Waals surface area contributed by atoms with E-state index in [2.05, 4.69) is 11.4 Å². The first-order valence-electron chi connectivity index (χ1n) is 5.97. The zero-order valence-electron chi connectivity index (χ0n) is 10.2. The van der Waals surface area contributed by atoms with Crippen LogP contribution >= 0.6 is 0 Å². The summed E-state index contributed by atoms with van der Waals surface area (Å²) in [6, 6.07) is 13.6. The first kappa shape index (κ1) is 11.1. The van der Waals surface area contributed by atoms with Crippen molar-refractivity contribution in [3.05, 3.63) is 59.2 Å². The first-order valence-corrected chi connectivity index (χ1v) is 5.97. The van der Waals surface area contributed by atoms with E-state index in [0.717, 1.165) is 17.9 Å². The van der Waals surface area contributed by atoms with Gasteiger partial charge >= 0.3 is 0 Å². The van der Waals surface area contributed by atoms with Crippen molar-refractivity contribution in [3.63, 3.8) is 0 Å². The van der Waals surface area contributed by atoms with Gasteiger partial charge in [0.2, 0.25) is 0 Å². The van der Waals surface area contributed by atoms with E-state index in [0.29, 0.717) is 5.75 Å². The molecule has 0 bridgehead atoms. The smallest absolute Gasteiger partial charge is 0.120 e. The number of aromatic hydroxyl groups is 1. The zero-order chi connectivity index (χ0) is 12.5. The highest BCUT2D eigenvalue weighted by atomic mass is 16.5. The number of phenolic OH excluding ortho intramolecular Hbond substituents is 1. The van der Waals surface area contributed by atoms with E-state index < -0.39 is 0 Å². The molecule has 92 valence electrons. The molecule has 3 heteroatoms. The third-order valence-electron chi connectivity index (χ3n) is 3.41. The maximum atomic E-state index is 9.93. The number of benzene rings is 2. The van der Waals surface area contributed by atoms with Gasteiger partial charge in [0.25, 0.3) is 0 Å². The van der Waals surface area contributed by atoms with E-state index in [9.17, 15) is 5.11 Å². The number of ether oxygens (including phenoxy) is 1. The fourth-order valence-electron chi connectivity index (χ4n) is 2.47. The van der Waals surface area contributed by atoms with E-state index in [1.807, 2.05) is 30.3 Å². The van der Waals surface area contributed by atoms with Crippen LogP contribution in [0.5, 0.6) is 11.5 Å². The largest absolute Gasteiger partial charge is 0.508 e. The van der Waals surface area contributed by atoms with E-state index >= 15 is 0 Å². The Morgan fingerprint density at radius 3 is 2.78 bits per heavy atom. The van der Waals surface area contributed by atoms with Crippen LogP contribution in [0.4, 0.5) is 0 Å². The normalized spacial score (nSPS) is 17.5. The quantitative estimate of drug-likeness (QED) is 0.849. The number of fused-ring (bicyclic) bond motifs is 1. The zero-order valence-corrected chi connectivity index (χ0v) is 10.2. The average molecular weight is 241 g/mol. The minimum atomic E-state index is 0.0621. The van der Waals surface area contributed by atoms with Crippen LogP contribution < -0.4 is 10.1 Å². The highest BCUT2D eigenvalue weighted by Gasteiger charge is 2.25. The molecule has 0 aliphatic carbocycles. The van der Waals surface area contributed by atoms with Crippen molar-refractivity contribution in [2.75, 3.05) is 7.11 Å². The minimum Gasteiger partial charge on any atom is -0.508 e. The van der Waals surface area contributed by atoms with Crippen LogP contribution in [0.2, 0.25) is 0 Å². The molecule has 3 nitrogen and oxygen atoms in total. The van der Waals surface area contributed by atoms with E-state index in [-0.39, 0.29) is 6.04 Å². The molecule has 3 rings (SSSR count). The van der Waals surface area contributed by atoms with Crippen molar-refractivity contribution in [2.24, 2.45) is 0 Å². The molecule has 1 aliphatic heterocycles. The molecule has 0 saturated carbocycles. The second kappa shape index (κ2) is 4.35. The van der Waals surface area contributed by atoms with Crippen molar-refractivity contribution >= 4 is 0 Å². The van der Waals surface area contributed by atoms with Gasteiger partial charge in [-0.25, -0.2) is 0 Å². The van der Waals surface area contributed by atoms with Gasteiger partial charge in [0.15, 0.2) is 0 Å². The van der Waals surface area contributed by atoms with Crippen LogP contribution in [0.3, 0.4) is 0 Å². The lowest BCUT2D eigenvalue weighted by atomic mass is 9.97. The Bertz CT molecular complexity index is 580. The molecular weight excluding hydrogens is 226 g/mol. The summed E-state index contributed by atoms with van der Waals surface area (Å²) in [5.41, 5.74) is 3.35. The third-order valence-corrected chi connectivity index (χ3v) is 3.41. The van der Waals surface area contributed by atoms with E-state index in [1.165, 1.54) is 11.1 Å². The van der Waals surface area contributed by atoms with Crippen LogP contribution in [0.1, 0.15) is 22.7 Å². The van der Waals surface area contributed by atoms with Crippen LogP contribution in [0.25, 0.3) is 0 Å². The predicted molar refractivity (Wildman–Crippen MR) is 69.8 cm³/mol. The SMILES string of the molecule is COc1ccc2c(c1)CNC2c1ccccc1O. The monoisotopic (exact) mass is 241 g/mol. The van der Waals surface area contributed by atoms with Gasteiger partial charge in [-0.1, -0.05) is 24.3 Å². The number of rotatable bonds is 2. The number of phenols is 1. The van der Waals surface area contributed by atoms with Gasteiger partial charge in [-0.2, -0.15) is 0 Å². The van der Waals surface area contributed by atoms with Gasteiger partial charge in [-0.05, 0) is 29.3 Å². The van der Waals surface area contributed by atoms with Crippen LogP contribution in [-0.2, 0) is 6.54 Å². The Balaban J connectivity index is 2.03. The van der Waals surface area contributed by atoms with Crippen LogP contribution in [0.15, 0.2) is 42.5 Å². The summed E-state index contributed by atoms with van der Waals surface area (Å²) in [6.07, 6.45) is 0. The Hall–Kier alpha value is -2.00. The lowest BCUT2D eigenvalue weighted by Gasteiger charge is -2.14. The predicted octanol–water partition coefficient (Wildman–Crippen LogP) is 2.59. The van der Waals surface area contributed by atoms with Gasteiger partial charge in [0.05, 0.1) is 13.2 Å². The van der Waals surface area contributed by atoms with Gasteiger partial charge in [0.1, 0.15) is 11.5 Å². The Labute approximate surface area is 106 Å². The Morgan fingerprint density at radius 2 is 2.00 bits per heavy atom. The Kier molecular flexibility index (Phi) is 2.68. The minimum absolute atomic E-state index is 0.0621. The van der Waals surface area contributed by atoms with Crippen molar-refractivity contribution in [3.8, 4) is 11.5 Å². The van der Waals surface area contributed by atoms with Gasteiger partial charge in [-0.3, -0.25) is 0 Å². The fraction of sp³-hybridized carbons (Fsp3) is 0.200. The molecule has 0 amide bonds. The lowest BCUT2D eigenvalue weighted by Crippen LogP contribution is -2.13. The molecule has 18 heavy (non-hydrogen) atoms. The van der Waals surface area contributed by atoms with Crippen LogP contribution in [0, 0.1) is 0 Å². The second-order valence-corrected chi connectivity index (χ2v) is 4.44. The topological polar surface area (TPSA) is 41.5 Å². The summed E-state index contributed by atoms with van der Waals surface area (Å²) in [5, 5.41) is 13.3. The average Bonchev–Trinajstić information content (AvgIpc) is 2.82. The summed E-state index contributed by atoms with van der Waals surface area (Å²) in [4.78, 5) is 0. The second-order valence-electron chi connectivity index (χ2n) is 4.44. The maximum Gasteiger partial charge on any atom is 0.120 e. The molecule has 1 aliphatic rings. The number of hydrogen-bond acceptors (Lipinski definition) is 3. The summed E-state index contributed by atoms with van der Waals surface area (Å²) in [6.45, 7) is 0.797. The van der Waals surface area contributed by atoms with Gasteiger partial charge < -0.3 is 15.2 Å². The molecular formula is C15H15NO2. The summed E-state index contributed by atoms with van der Waals surface area (Å²) < 4.78 is 5.23. The molecule has 0 saturated heterocycles. The fourth-order valence-corrected chi connectivity index (χ4v) is 2.47. The van der Waals surface area contributed by atoms with Gasteiger partial charge in [-0.15, -0.1) is 0 Å². The van der Waals surface area contributed by atoms with Crippen molar-refractivity contribution < 1.29 is 9.84 Å². The summed E-state index contributed by atoms with van der Waals surface area (Å²) >= 11 is 0. The number of para-hydroxylation sites is 1. The molecule has 2 aromatic rings. The van der Waals surface area contributed by atoms with E-state index in [4.69, 9.17) is 4.74 Å². The standard InChI is InChI=1S/C15H15NO2/c1-18-11-6-7-12-10(8-11)9-16-15(12)13-4-2-3-5-14(13)17/h2-8,15-17H,9H2,1H3. The molecule has 0 radical (unpaired) electrons. The van der Waals surface area contributed by atoms with E-state index in [1.54, 1.807) is 13.2 Å². The number of methoxy groups -OCH3 is 1. The van der Waals surface area contributed by atoms with Gasteiger partial charge in [0, 0.05) is 12.1 Å². The molecule has 1 unspecified atom stereocenters.